The molecule has 20 heavy (non-hydrogen) atoms. The molecule has 0 aliphatic carbocycles. The van der Waals surface area contributed by atoms with E-state index < -0.39 is 0 Å². The van der Waals surface area contributed by atoms with Gasteiger partial charge in [-0.2, -0.15) is 5.10 Å². The minimum absolute atomic E-state index is 0.137. The third-order valence-corrected chi connectivity index (χ3v) is 6.34. The van der Waals surface area contributed by atoms with E-state index in [0.29, 0.717) is 5.25 Å². The standard InChI is InChI=1S/C15H18BrN3S/c1-9-15(16)12(19(2)18-9)8-11(17)14-7-10-5-3-4-6-13(10)20-14/h3-6,11,14H,7-8,17H2,1-2H3. The number of hydrogen-bond acceptors (Lipinski definition) is 3. The Labute approximate surface area is 132 Å². The first kappa shape index (κ1) is 14.2. The second kappa shape index (κ2) is 5.54. The fourth-order valence-electron chi connectivity index (χ4n) is 2.70. The van der Waals surface area contributed by atoms with Gasteiger partial charge in [0.05, 0.1) is 15.9 Å². The molecule has 0 bridgehead atoms. The van der Waals surface area contributed by atoms with Gasteiger partial charge in [-0.25, -0.2) is 0 Å². The molecule has 1 aliphatic heterocycles. The number of nitrogens with zero attached hydrogens (tertiary/aromatic N) is 2. The van der Waals surface area contributed by atoms with Crippen LogP contribution in [0.1, 0.15) is 17.0 Å². The highest BCUT2D eigenvalue weighted by Gasteiger charge is 2.28. The van der Waals surface area contributed by atoms with Crippen LogP contribution in [-0.2, 0) is 19.9 Å². The van der Waals surface area contributed by atoms with Crippen LogP contribution in [0.15, 0.2) is 33.6 Å². The predicted octanol–water partition coefficient (Wildman–Crippen LogP) is 3.08. The zero-order valence-corrected chi connectivity index (χ0v) is 14.0. The molecule has 106 valence electrons. The number of halogens is 1. The van der Waals surface area contributed by atoms with Gasteiger partial charge in [0.2, 0.25) is 0 Å². The van der Waals surface area contributed by atoms with E-state index in [1.54, 1.807) is 0 Å². The summed E-state index contributed by atoms with van der Waals surface area (Å²) in [5.41, 5.74) is 10.1. The number of fused-ring (bicyclic) bond motifs is 1. The summed E-state index contributed by atoms with van der Waals surface area (Å²) in [6.45, 7) is 2.01. The van der Waals surface area contributed by atoms with Crippen LogP contribution in [0.4, 0.5) is 0 Å². The number of benzene rings is 1. The molecule has 2 N–H and O–H groups in total. The summed E-state index contributed by atoms with van der Waals surface area (Å²) in [5.74, 6) is 0. The van der Waals surface area contributed by atoms with Crippen molar-refractivity contribution in [1.29, 1.82) is 0 Å². The molecular weight excluding hydrogens is 334 g/mol. The molecule has 3 rings (SSSR count). The van der Waals surface area contributed by atoms with Gasteiger partial charge in [-0.15, -0.1) is 11.8 Å². The van der Waals surface area contributed by atoms with Crippen molar-refractivity contribution < 1.29 is 0 Å². The first-order chi connectivity index (χ1) is 9.56. The topological polar surface area (TPSA) is 43.8 Å². The average molecular weight is 352 g/mol. The fraction of sp³-hybridized carbons (Fsp3) is 0.400. The van der Waals surface area contributed by atoms with Crippen LogP contribution in [0.2, 0.25) is 0 Å². The average Bonchev–Trinajstić information content (AvgIpc) is 2.95. The molecule has 0 saturated carbocycles. The quantitative estimate of drug-likeness (QED) is 0.923. The first-order valence-electron chi connectivity index (χ1n) is 6.74. The van der Waals surface area contributed by atoms with Crippen molar-refractivity contribution in [2.75, 3.05) is 0 Å². The molecule has 3 nitrogen and oxygen atoms in total. The van der Waals surface area contributed by atoms with Crippen molar-refractivity contribution in [3.8, 4) is 0 Å². The third kappa shape index (κ3) is 2.54. The summed E-state index contributed by atoms with van der Waals surface area (Å²) in [7, 11) is 1.98. The minimum Gasteiger partial charge on any atom is -0.326 e. The molecule has 0 saturated heterocycles. The lowest BCUT2D eigenvalue weighted by atomic mass is 10.0. The lowest BCUT2D eigenvalue weighted by Crippen LogP contribution is -2.35. The number of nitrogens with two attached hydrogens (primary N) is 1. The van der Waals surface area contributed by atoms with Gasteiger partial charge in [-0.1, -0.05) is 18.2 Å². The lowest BCUT2D eigenvalue weighted by Gasteiger charge is -2.18. The van der Waals surface area contributed by atoms with E-state index in [2.05, 4.69) is 45.3 Å². The van der Waals surface area contributed by atoms with Gasteiger partial charge in [-0.05, 0) is 40.9 Å². The Hall–Kier alpha value is -0.780. The number of rotatable bonds is 3. The summed E-state index contributed by atoms with van der Waals surface area (Å²) < 4.78 is 3.03. The third-order valence-electron chi connectivity index (χ3n) is 3.84. The Morgan fingerprint density at radius 2 is 2.25 bits per heavy atom. The van der Waals surface area contributed by atoms with Crippen LogP contribution >= 0.6 is 27.7 Å². The fourth-order valence-corrected chi connectivity index (χ4v) is 4.52. The van der Waals surface area contributed by atoms with Gasteiger partial charge < -0.3 is 5.73 Å². The van der Waals surface area contributed by atoms with Crippen molar-refractivity contribution in [3.63, 3.8) is 0 Å². The van der Waals surface area contributed by atoms with Crippen molar-refractivity contribution in [1.82, 2.24) is 9.78 Å². The molecule has 0 amide bonds. The van der Waals surface area contributed by atoms with Gasteiger partial charge in [0.25, 0.3) is 0 Å². The maximum Gasteiger partial charge on any atom is 0.0738 e. The summed E-state index contributed by atoms with van der Waals surface area (Å²) >= 11 is 5.53. The molecule has 0 fully saturated rings. The maximum atomic E-state index is 6.45. The number of aryl methyl sites for hydroxylation is 2. The lowest BCUT2D eigenvalue weighted by molar-refractivity contribution is 0.592. The molecule has 2 heterocycles. The highest BCUT2D eigenvalue weighted by molar-refractivity contribution is 9.10. The predicted molar refractivity (Wildman–Crippen MR) is 87.1 cm³/mol. The molecule has 1 aromatic carbocycles. The maximum absolute atomic E-state index is 6.45. The van der Waals surface area contributed by atoms with Crippen molar-refractivity contribution in [2.45, 2.75) is 36.0 Å². The first-order valence-corrected chi connectivity index (χ1v) is 8.41. The largest absolute Gasteiger partial charge is 0.326 e. The number of thioether (sulfide) groups is 1. The molecule has 5 heteroatoms. The van der Waals surface area contributed by atoms with Crippen molar-refractivity contribution >= 4 is 27.7 Å². The molecule has 2 aromatic rings. The van der Waals surface area contributed by atoms with E-state index in [1.165, 1.54) is 16.2 Å². The molecule has 2 unspecified atom stereocenters. The highest BCUT2D eigenvalue weighted by Crippen LogP contribution is 2.38. The molecule has 0 spiro atoms. The Morgan fingerprint density at radius 3 is 2.90 bits per heavy atom. The summed E-state index contributed by atoms with van der Waals surface area (Å²) in [4.78, 5) is 1.38. The van der Waals surface area contributed by atoms with Gasteiger partial charge in [-0.3, -0.25) is 4.68 Å². The van der Waals surface area contributed by atoms with E-state index in [4.69, 9.17) is 5.73 Å². The van der Waals surface area contributed by atoms with E-state index in [1.807, 2.05) is 30.4 Å². The Kier molecular flexibility index (Phi) is 3.93. The highest BCUT2D eigenvalue weighted by atomic mass is 79.9. The number of aromatic nitrogens is 2. The van der Waals surface area contributed by atoms with Gasteiger partial charge in [0.1, 0.15) is 0 Å². The van der Waals surface area contributed by atoms with Crippen LogP contribution in [0.25, 0.3) is 0 Å². The zero-order valence-electron chi connectivity index (χ0n) is 11.6. The van der Waals surface area contributed by atoms with Crippen LogP contribution < -0.4 is 5.73 Å². The summed E-state index contributed by atoms with van der Waals surface area (Å²) in [6.07, 6.45) is 1.92. The Morgan fingerprint density at radius 1 is 1.50 bits per heavy atom. The second-order valence-electron chi connectivity index (χ2n) is 5.31. The van der Waals surface area contributed by atoms with Crippen LogP contribution in [0.5, 0.6) is 0 Å². The molecule has 1 aliphatic rings. The van der Waals surface area contributed by atoms with Crippen LogP contribution in [0.3, 0.4) is 0 Å². The Balaban J connectivity index is 1.74. The van der Waals surface area contributed by atoms with Gasteiger partial charge in [0, 0.05) is 29.7 Å². The van der Waals surface area contributed by atoms with Crippen LogP contribution in [0, 0.1) is 6.92 Å². The van der Waals surface area contributed by atoms with Crippen molar-refractivity contribution in [2.24, 2.45) is 12.8 Å². The number of hydrogen-bond donors (Lipinski definition) is 1. The van der Waals surface area contributed by atoms with Crippen LogP contribution in [-0.4, -0.2) is 21.1 Å². The van der Waals surface area contributed by atoms with Gasteiger partial charge >= 0.3 is 0 Å². The molecule has 2 atom stereocenters. The van der Waals surface area contributed by atoms with E-state index in [-0.39, 0.29) is 6.04 Å². The van der Waals surface area contributed by atoms with E-state index >= 15 is 0 Å². The van der Waals surface area contributed by atoms with Crippen molar-refractivity contribution in [3.05, 3.63) is 45.7 Å². The molecule has 0 radical (unpaired) electrons. The molecular formula is C15H18BrN3S. The smallest absolute Gasteiger partial charge is 0.0738 e. The monoisotopic (exact) mass is 351 g/mol. The summed E-state index contributed by atoms with van der Waals surface area (Å²) in [5, 5.41) is 4.89. The van der Waals surface area contributed by atoms with Gasteiger partial charge in [0.15, 0.2) is 0 Å². The van der Waals surface area contributed by atoms with E-state index in [0.717, 1.165) is 23.0 Å². The Bertz CT molecular complexity index is 613. The summed E-state index contributed by atoms with van der Waals surface area (Å²) in [6, 6.07) is 8.74. The second-order valence-corrected chi connectivity index (χ2v) is 7.38. The SMILES string of the molecule is Cc1nn(C)c(CC(N)C2Cc3ccccc3S2)c1Br. The zero-order chi connectivity index (χ0) is 14.3. The minimum atomic E-state index is 0.137. The van der Waals surface area contributed by atoms with E-state index in [9.17, 15) is 0 Å². The molecule has 1 aromatic heterocycles. The normalized spacial score (nSPS) is 19.1.